The molecular formula is C13H17F3O4S. The van der Waals surface area contributed by atoms with Crippen molar-refractivity contribution < 1.29 is 32.3 Å². The zero-order chi connectivity index (χ0) is 15.1. The van der Waals surface area contributed by atoms with E-state index >= 15 is 0 Å². The van der Waals surface area contributed by atoms with Gasteiger partial charge in [0, 0.05) is 5.41 Å². The monoisotopic (exact) mass is 326 g/mol. The van der Waals surface area contributed by atoms with E-state index in [4.69, 9.17) is 4.74 Å². The lowest BCUT2D eigenvalue weighted by Crippen LogP contribution is -2.49. The highest BCUT2D eigenvalue weighted by atomic mass is 32.2. The van der Waals surface area contributed by atoms with Crippen molar-refractivity contribution in [3.8, 4) is 0 Å². The number of halogens is 3. The van der Waals surface area contributed by atoms with Crippen LogP contribution in [0.25, 0.3) is 0 Å². The number of esters is 1. The number of ether oxygens (including phenoxy) is 1. The first-order valence-electron chi connectivity index (χ1n) is 7.11. The number of rotatable bonds is 6. The Balaban J connectivity index is 1.56. The molecule has 0 aromatic rings. The Labute approximate surface area is 124 Å². The van der Waals surface area contributed by atoms with Crippen molar-refractivity contribution in [2.24, 2.45) is 23.2 Å². The summed E-state index contributed by atoms with van der Waals surface area (Å²) in [5.41, 5.74) is -0.136. The summed E-state index contributed by atoms with van der Waals surface area (Å²) in [6.07, 6.45) is 6.53. The van der Waals surface area contributed by atoms with Gasteiger partial charge in [0.15, 0.2) is 0 Å². The number of carbonyl (C=O) groups is 1. The van der Waals surface area contributed by atoms with E-state index in [0.717, 1.165) is 19.3 Å². The van der Waals surface area contributed by atoms with Gasteiger partial charge in [-0.3, -0.25) is 0 Å². The van der Waals surface area contributed by atoms with Crippen LogP contribution in [-0.2, 0) is 19.0 Å². The summed E-state index contributed by atoms with van der Waals surface area (Å²) in [6.45, 7) is 0.0158. The van der Waals surface area contributed by atoms with Crippen molar-refractivity contribution in [2.75, 3.05) is 6.61 Å². The minimum Gasteiger partial charge on any atom is -0.460 e. The fourth-order valence-corrected chi connectivity index (χ4v) is 5.10. The van der Waals surface area contributed by atoms with Gasteiger partial charge in [0.25, 0.3) is 0 Å². The molecular weight excluding hydrogens is 309 g/mol. The van der Waals surface area contributed by atoms with Crippen LogP contribution in [0.4, 0.5) is 13.3 Å². The highest BCUT2D eigenvalue weighted by Crippen LogP contribution is 2.60. The zero-order valence-electron chi connectivity index (χ0n) is 11.4. The standard InChI is InChI=1S/C13H17F3O4S/c14-13(15,21-20-19-16)11(17)18-7-12-4-8-1-9(5-12)3-10(2-8)6-12/h8-10H,1-7H2. The molecule has 0 unspecified atom stereocenters. The Morgan fingerprint density at radius 1 is 1.14 bits per heavy atom. The molecule has 4 aliphatic carbocycles. The molecule has 0 heterocycles. The largest absolute Gasteiger partial charge is 0.460 e. The fourth-order valence-electron chi connectivity index (χ4n) is 4.86. The first-order chi connectivity index (χ1) is 9.92. The van der Waals surface area contributed by atoms with Crippen molar-refractivity contribution in [2.45, 2.75) is 43.8 Å². The van der Waals surface area contributed by atoms with E-state index in [9.17, 15) is 18.1 Å². The lowest BCUT2D eigenvalue weighted by atomic mass is 9.50. The third-order valence-corrected chi connectivity index (χ3v) is 5.57. The van der Waals surface area contributed by atoms with Crippen molar-refractivity contribution in [1.29, 1.82) is 0 Å². The zero-order valence-corrected chi connectivity index (χ0v) is 12.2. The third kappa shape index (κ3) is 3.17. The van der Waals surface area contributed by atoms with Gasteiger partial charge in [0.05, 0.1) is 6.61 Å². The first-order valence-corrected chi connectivity index (χ1v) is 7.85. The van der Waals surface area contributed by atoms with E-state index in [1.54, 1.807) is 0 Å². The maximum absolute atomic E-state index is 13.3. The average molecular weight is 326 g/mol. The highest BCUT2D eigenvalue weighted by Gasteiger charge is 2.52. The van der Waals surface area contributed by atoms with E-state index in [1.807, 2.05) is 0 Å². The first kappa shape index (κ1) is 15.4. The molecule has 0 aromatic carbocycles. The third-order valence-electron chi connectivity index (χ3n) is 5.08. The quantitative estimate of drug-likeness (QED) is 0.321. The van der Waals surface area contributed by atoms with Gasteiger partial charge in [0.1, 0.15) is 12.0 Å². The van der Waals surface area contributed by atoms with Gasteiger partial charge in [-0.1, -0.05) is 0 Å². The van der Waals surface area contributed by atoms with Gasteiger partial charge in [-0.05, 0) is 65.9 Å². The molecule has 0 spiro atoms. The molecule has 0 N–H and O–H groups in total. The minimum atomic E-state index is -3.98. The normalized spacial score (nSPS) is 37.8. The number of alkyl halides is 2. The molecule has 4 nitrogen and oxygen atoms in total. The number of hydrogen-bond donors (Lipinski definition) is 0. The lowest BCUT2D eigenvalue weighted by Gasteiger charge is -2.56. The van der Waals surface area contributed by atoms with E-state index in [0.29, 0.717) is 17.8 Å². The van der Waals surface area contributed by atoms with Crippen LogP contribution in [0.5, 0.6) is 0 Å². The molecule has 0 radical (unpaired) electrons. The van der Waals surface area contributed by atoms with Crippen LogP contribution in [0.2, 0.25) is 0 Å². The number of hydrogen-bond acceptors (Lipinski definition) is 5. The van der Waals surface area contributed by atoms with Crippen LogP contribution < -0.4 is 0 Å². The maximum Gasteiger partial charge on any atom is 0.415 e. The molecule has 0 amide bonds. The van der Waals surface area contributed by atoms with Crippen LogP contribution in [0.1, 0.15) is 38.5 Å². The maximum atomic E-state index is 13.3. The minimum absolute atomic E-state index is 0.0158. The van der Waals surface area contributed by atoms with Gasteiger partial charge in [-0.2, -0.15) is 8.78 Å². The Morgan fingerprint density at radius 2 is 1.67 bits per heavy atom. The van der Waals surface area contributed by atoms with E-state index in [2.05, 4.69) is 9.43 Å². The Hall–Kier alpha value is -0.470. The van der Waals surface area contributed by atoms with Gasteiger partial charge in [-0.15, -0.1) is 4.33 Å². The molecule has 0 atom stereocenters. The summed E-state index contributed by atoms with van der Waals surface area (Å²) in [6, 6.07) is 0. The van der Waals surface area contributed by atoms with E-state index < -0.39 is 23.3 Å². The molecule has 4 rings (SSSR count). The number of carbonyl (C=O) groups excluding carboxylic acids is 1. The Bertz CT molecular complexity index is 383. The summed E-state index contributed by atoms with van der Waals surface area (Å²) < 4.78 is 46.0. The van der Waals surface area contributed by atoms with Crippen molar-refractivity contribution in [1.82, 2.24) is 0 Å². The van der Waals surface area contributed by atoms with Crippen LogP contribution in [0.15, 0.2) is 0 Å². The van der Waals surface area contributed by atoms with Gasteiger partial charge < -0.3 is 4.74 Å². The van der Waals surface area contributed by atoms with E-state index in [1.165, 1.54) is 19.3 Å². The second-order valence-corrected chi connectivity index (χ2v) is 7.54. The van der Waals surface area contributed by atoms with Crippen molar-refractivity contribution >= 4 is 18.0 Å². The van der Waals surface area contributed by atoms with Crippen LogP contribution >= 0.6 is 12.0 Å². The van der Waals surface area contributed by atoms with Crippen molar-refractivity contribution in [3.05, 3.63) is 0 Å². The van der Waals surface area contributed by atoms with E-state index in [-0.39, 0.29) is 12.0 Å². The summed E-state index contributed by atoms with van der Waals surface area (Å²) in [7, 11) is 0. The SMILES string of the molecule is O=C(OCC12CC3CC(CC(C3)C1)C2)C(F)(F)SOOF. The molecule has 8 heteroatoms. The van der Waals surface area contributed by atoms with Gasteiger partial charge in [-0.25, -0.2) is 4.79 Å². The molecule has 0 saturated heterocycles. The predicted octanol–water partition coefficient (Wildman–Crippen LogP) is 3.82. The van der Waals surface area contributed by atoms with Crippen molar-refractivity contribution in [3.63, 3.8) is 0 Å². The smallest absolute Gasteiger partial charge is 0.415 e. The van der Waals surface area contributed by atoms with Crippen LogP contribution in [0.3, 0.4) is 0 Å². The Kier molecular flexibility index (Phi) is 4.13. The highest BCUT2D eigenvalue weighted by molar-refractivity contribution is 7.96. The molecule has 0 aliphatic heterocycles. The molecule has 4 fully saturated rings. The summed E-state index contributed by atoms with van der Waals surface area (Å²) in [4.78, 5) is 11.4. The van der Waals surface area contributed by atoms with Crippen LogP contribution in [0, 0.1) is 23.2 Å². The second-order valence-electron chi connectivity index (χ2n) is 6.72. The van der Waals surface area contributed by atoms with Crippen LogP contribution in [-0.4, -0.2) is 17.8 Å². The lowest BCUT2D eigenvalue weighted by molar-refractivity contribution is -0.360. The molecule has 4 saturated carbocycles. The topological polar surface area (TPSA) is 44.8 Å². The molecule has 0 aromatic heterocycles. The average Bonchev–Trinajstić information content (AvgIpc) is 2.41. The van der Waals surface area contributed by atoms with Gasteiger partial charge >= 0.3 is 11.2 Å². The Morgan fingerprint density at radius 3 is 2.14 bits per heavy atom. The molecule has 120 valence electrons. The summed E-state index contributed by atoms with van der Waals surface area (Å²) in [5, 5.41) is -1.40. The molecule has 21 heavy (non-hydrogen) atoms. The fraction of sp³-hybridized carbons (Fsp3) is 0.923. The summed E-state index contributed by atoms with van der Waals surface area (Å²) >= 11 is -0.701. The van der Waals surface area contributed by atoms with Gasteiger partial charge in [0.2, 0.25) is 0 Å². The summed E-state index contributed by atoms with van der Waals surface area (Å²) in [5.74, 6) is 0.231. The second kappa shape index (κ2) is 5.62. The predicted molar refractivity (Wildman–Crippen MR) is 67.4 cm³/mol. The molecule has 4 bridgehead atoms. The molecule has 4 aliphatic rings.